The van der Waals surface area contributed by atoms with E-state index in [1.807, 2.05) is 24.4 Å². The molecule has 0 aliphatic heterocycles. The molecule has 1 aliphatic rings. The average Bonchev–Trinajstić information content (AvgIpc) is 2.44. The summed E-state index contributed by atoms with van der Waals surface area (Å²) >= 11 is 0. The highest BCUT2D eigenvalue weighted by atomic mass is 16.5. The third-order valence-electron chi connectivity index (χ3n) is 3.98. The molecule has 3 rings (SSSR count). The number of fused-ring (bicyclic) bond motifs is 1. The Kier molecular flexibility index (Phi) is 3.38. The van der Waals surface area contributed by atoms with Crippen molar-refractivity contribution in [3.05, 3.63) is 24.4 Å². The Labute approximate surface area is 119 Å². The van der Waals surface area contributed by atoms with Crippen LogP contribution in [0, 0.1) is 5.92 Å². The molecule has 1 fully saturated rings. The fourth-order valence-corrected chi connectivity index (χ4v) is 2.83. The molecule has 0 atom stereocenters. The number of hydrogen-bond donors (Lipinski definition) is 1. The van der Waals surface area contributed by atoms with Gasteiger partial charge in [-0.1, -0.05) is 6.92 Å². The van der Waals surface area contributed by atoms with Crippen LogP contribution >= 0.6 is 0 Å². The van der Waals surface area contributed by atoms with Crippen LogP contribution in [0.15, 0.2) is 24.4 Å². The van der Waals surface area contributed by atoms with E-state index in [9.17, 15) is 0 Å². The van der Waals surface area contributed by atoms with E-state index in [4.69, 9.17) is 9.47 Å². The topological polar surface area (TPSA) is 43.4 Å². The Morgan fingerprint density at radius 2 is 1.85 bits per heavy atom. The molecule has 1 N–H and O–H groups in total. The van der Waals surface area contributed by atoms with E-state index in [1.54, 1.807) is 14.2 Å². The van der Waals surface area contributed by atoms with E-state index >= 15 is 0 Å². The Bertz CT molecular complexity index is 621. The minimum atomic E-state index is 0.538. The highest BCUT2D eigenvalue weighted by Gasteiger charge is 2.25. The molecule has 4 nitrogen and oxygen atoms in total. The highest BCUT2D eigenvalue weighted by molar-refractivity contribution is 5.94. The first-order valence-electron chi connectivity index (χ1n) is 6.98. The molecule has 20 heavy (non-hydrogen) atoms. The number of nitrogens with one attached hydrogen (secondary N) is 1. The van der Waals surface area contributed by atoms with Crippen molar-refractivity contribution in [1.82, 2.24) is 4.98 Å². The summed E-state index contributed by atoms with van der Waals surface area (Å²) in [5.41, 5.74) is 0. The second-order valence-corrected chi connectivity index (χ2v) is 5.51. The summed E-state index contributed by atoms with van der Waals surface area (Å²) in [7, 11) is 3.31. The van der Waals surface area contributed by atoms with Crippen LogP contribution in [0.2, 0.25) is 0 Å². The van der Waals surface area contributed by atoms with E-state index in [1.165, 1.54) is 12.8 Å². The maximum absolute atomic E-state index is 5.38. The van der Waals surface area contributed by atoms with Crippen LogP contribution in [0.4, 0.5) is 5.82 Å². The molecule has 0 spiro atoms. The molecular formula is C16H20N2O2. The zero-order chi connectivity index (χ0) is 14.1. The number of aromatic nitrogens is 1. The van der Waals surface area contributed by atoms with Crippen LogP contribution < -0.4 is 14.8 Å². The lowest BCUT2D eigenvalue weighted by atomic mass is 9.82. The monoisotopic (exact) mass is 272 g/mol. The number of anilines is 1. The van der Waals surface area contributed by atoms with Crippen LogP contribution in [0.25, 0.3) is 10.8 Å². The smallest absolute Gasteiger partial charge is 0.161 e. The number of pyridine rings is 1. The predicted molar refractivity (Wildman–Crippen MR) is 80.7 cm³/mol. The van der Waals surface area contributed by atoms with Crippen molar-refractivity contribution in [1.29, 1.82) is 0 Å². The van der Waals surface area contributed by atoms with Crippen molar-refractivity contribution >= 4 is 16.6 Å². The Balaban J connectivity index is 1.99. The summed E-state index contributed by atoms with van der Waals surface area (Å²) in [6.45, 7) is 2.28. The van der Waals surface area contributed by atoms with Gasteiger partial charge in [-0.05, 0) is 42.3 Å². The van der Waals surface area contributed by atoms with Gasteiger partial charge < -0.3 is 14.8 Å². The lowest BCUT2D eigenvalue weighted by molar-refractivity contribution is 0.309. The van der Waals surface area contributed by atoms with Gasteiger partial charge in [0.25, 0.3) is 0 Å². The molecule has 1 aromatic heterocycles. The molecule has 0 bridgehead atoms. The Hall–Kier alpha value is -1.97. The third-order valence-corrected chi connectivity index (χ3v) is 3.98. The van der Waals surface area contributed by atoms with Gasteiger partial charge in [0.15, 0.2) is 11.5 Å². The standard InChI is InChI=1S/C16H20N2O2/c1-10-6-12(7-10)18-16-13-9-15(20-3)14(19-2)8-11(13)4-5-17-16/h4-5,8-10,12H,6-7H2,1-3H3,(H,17,18). The van der Waals surface area contributed by atoms with E-state index < -0.39 is 0 Å². The number of rotatable bonds is 4. The molecule has 0 radical (unpaired) electrons. The van der Waals surface area contributed by atoms with Crippen LogP contribution in [-0.4, -0.2) is 25.2 Å². The van der Waals surface area contributed by atoms with Crippen molar-refractivity contribution < 1.29 is 9.47 Å². The van der Waals surface area contributed by atoms with Crippen LogP contribution in [0.1, 0.15) is 19.8 Å². The van der Waals surface area contributed by atoms with Gasteiger partial charge in [-0.3, -0.25) is 0 Å². The third kappa shape index (κ3) is 2.26. The molecule has 0 unspecified atom stereocenters. The molecular weight excluding hydrogens is 252 g/mol. The number of nitrogens with zero attached hydrogens (tertiary/aromatic N) is 1. The largest absolute Gasteiger partial charge is 0.493 e. The number of benzene rings is 1. The van der Waals surface area contributed by atoms with Crippen LogP contribution in [0.5, 0.6) is 11.5 Å². The lowest BCUT2D eigenvalue weighted by Gasteiger charge is -2.33. The van der Waals surface area contributed by atoms with Crippen molar-refractivity contribution in [2.75, 3.05) is 19.5 Å². The molecule has 1 aromatic carbocycles. The average molecular weight is 272 g/mol. The fraction of sp³-hybridized carbons (Fsp3) is 0.438. The lowest BCUT2D eigenvalue weighted by Crippen LogP contribution is -2.34. The van der Waals surface area contributed by atoms with E-state index in [-0.39, 0.29) is 0 Å². The van der Waals surface area contributed by atoms with Crippen molar-refractivity contribution in [3.8, 4) is 11.5 Å². The highest BCUT2D eigenvalue weighted by Crippen LogP contribution is 2.36. The normalized spacial score (nSPS) is 21.4. The van der Waals surface area contributed by atoms with Crippen molar-refractivity contribution in [2.24, 2.45) is 5.92 Å². The van der Waals surface area contributed by atoms with Gasteiger partial charge >= 0.3 is 0 Å². The van der Waals surface area contributed by atoms with Gasteiger partial charge in [-0.2, -0.15) is 0 Å². The summed E-state index contributed by atoms with van der Waals surface area (Å²) in [6.07, 6.45) is 4.26. The minimum absolute atomic E-state index is 0.538. The van der Waals surface area contributed by atoms with Crippen molar-refractivity contribution in [3.63, 3.8) is 0 Å². The van der Waals surface area contributed by atoms with Crippen LogP contribution in [0.3, 0.4) is 0 Å². The summed E-state index contributed by atoms with van der Waals surface area (Å²) in [5, 5.41) is 5.71. The first-order chi connectivity index (χ1) is 9.71. The van der Waals surface area contributed by atoms with E-state index in [0.29, 0.717) is 6.04 Å². The zero-order valence-corrected chi connectivity index (χ0v) is 12.1. The minimum Gasteiger partial charge on any atom is -0.493 e. The number of methoxy groups -OCH3 is 2. The summed E-state index contributed by atoms with van der Waals surface area (Å²) in [5.74, 6) is 3.23. The molecule has 0 saturated heterocycles. The van der Waals surface area contributed by atoms with Gasteiger partial charge in [0.05, 0.1) is 14.2 Å². The fourth-order valence-electron chi connectivity index (χ4n) is 2.83. The first-order valence-corrected chi connectivity index (χ1v) is 6.98. The van der Waals surface area contributed by atoms with E-state index in [0.717, 1.165) is 34.0 Å². The molecule has 2 aromatic rings. The SMILES string of the molecule is COc1cc2ccnc(NC3CC(C)C3)c2cc1OC. The van der Waals surface area contributed by atoms with E-state index in [2.05, 4.69) is 17.2 Å². The second-order valence-electron chi connectivity index (χ2n) is 5.51. The van der Waals surface area contributed by atoms with Gasteiger partial charge in [-0.15, -0.1) is 0 Å². The van der Waals surface area contributed by atoms with Gasteiger partial charge in [0.1, 0.15) is 5.82 Å². The molecule has 106 valence electrons. The maximum atomic E-state index is 5.38. The van der Waals surface area contributed by atoms with Crippen LogP contribution in [-0.2, 0) is 0 Å². The first kappa shape index (κ1) is 13.0. The quantitative estimate of drug-likeness (QED) is 0.925. The predicted octanol–water partition coefficient (Wildman–Crippen LogP) is 3.46. The molecule has 1 heterocycles. The number of ether oxygens (including phenoxy) is 2. The Morgan fingerprint density at radius 1 is 1.15 bits per heavy atom. The summed E-state index contributed by atoms with van der Waals surface area (Å²) in [6, 6.07) is 6.51. The zero-order valence-electron chi connectivity index (χ0n) is 12.1. The van der Waals surface area contributed by atoms with Gasteiger partial charge in [0.2, 0.25) is 0 Å². The van der Waals surface area contributed by atoms with Crippen molar-refractivity contribution in [2.45, 2.75) is 25.8 Å². The second kappa shape index (κ2) is 5.19. The van der Waals surface area contributed by atoms with Gasteiger partial charge in [-0.25, -0.2) is 4.98 Å². The summed E-state index contributed by atoms with van der Waals surface area (Å²) in [4.78, 5) is 4.48. The summed E-state index contributed by atoms with van der Waals surface area (Å²) < 4.78 is 10.7. The molecule has 4 heteroatoms. The van der Waals surface area contributed by atoms with Gasteiger partial charge in [0, 0.05) is 17.6 Å². The molecule has 0 amide bonds. The maximum Gasteiger partial charge on any atom is 0.161 e. The molecule has 1 saturated carbocycles. The molecule has 1 aliphatic carbocycles. The Morgan fingerprint density at radius 3 is 2.50 bits per heavy atom. The number of hydrogen-bond acceptors (Lipinski definition) is 4.